The third-order valence-electron chi connectivity index (χ3n) is 9.13. The summed E-state index contributed by atoms with van der Waals surface area (Å²) in [5, 5.41) is 29.6. The largest absolute Gasteiger partial charge is 0.480 e. The Bertz CT molecular complexity index is 1330. The van der Waals surface area contributed by atoms with Gasteiger partial charge in [0.25, 0.3) is 0 Å². The van der Waals surface area contributed by atoms with Crippen molar-refractivity contribution in [3.63, 3.8) is 0 Å². The number of aliphatic carboxylic acids is 1. The molecule has 0 saturated heterocycles. The molecule has 0 aliphatic carbocycles. The Hall–Kier alpha value is -3.16. The minimum atomic E-state index is -4.80. The van der Waals surface area contributed by atoms with Crippen LogP contribution in [0.1, 0.15) is 155 Å². The summed E-state index contributed by atoms with van der Waals surface area (Å²) in [4.78, 5) is 46.0. The number of ether oxygens (including phenoxy) is 2. The monoisotopic (exact) mass is 868 g/mol. The van der Waals surface area contributed by atoms with Crippen LogP contribution < -0.4 is 5.73 Å². The highest BCUT2D eigenvalue weighted by molar-refractivity contribution is 7.47. The lowest BCUT2D eigenvalue weighted by molar-refractivity contribution is -0.161. The first kappa shape index (κ1) is 56.8. The van der Waals surface area contributed by atoms with E-state index in [0.717, 1.165) is 64.2 Å². The Balaban J connectivity index is 4.65. The number of carbonyl (C=O) groups excluding carboxylic acids is 2. The van der Waals surface area contributed by atoms with E-state index in [1.165, 1.54) is 38.5 Å². The molecule has 0 saturated carbocycles. The zero-order chi connectivity index (χ0) is 44.5. The van der Waals surface area contributed by atoms with E-state index in [1.54, 1.807) is 0 Å². The smallest absolute Gasteiger partial charge is 0.472 e. The van der Waals surface area contributed by atoms with Crippen molar-refractivity contribution in [3.05, 3.63) is 72.9 Å². The first-order valence-corrected chi connectivity index (χ1v) is 23.6. The molecular formula is C46H78NO12P. The molecule has 0 heterocycles. The van der Waals surface area contributed by atoms with Crippen LogP contribution in [-0.2, 0) is 37.5 Å². The van der Waals surface area contributed by atoms with E-state index in [2.05, 4.69) is 73.1 Å². The molecule has 0 aliphatic rings. The number of unbranched alkanes of at least 4 members (excludes halogenated alkanes) is 10. The molecule has 0 aromatic rings. The van der Waals surface area contributed by atoms with Crippen LogP contribution in [0.3, 0.4) is 0 Å². The van der Waals surface area contributed by atoms with Gasteiger partial charge in [-0.3, -0.25) is 23.4 Å². The number of phosphoric acid groups is 1. The lowest BCUT2D eigenvalue weighted by Crippen LogP contribution is -2.34. The van der Waals surface area contributed by atoms with Gasteiger partial charge >= 0.3 is 25.7 Å². The summed E-state index contributed by atoms with van der Waals surface area (Å²) in [6.07, 6.45) is 39.9. The van der Waals surface area contributed by atoms with Crippen LogP contribution in [0, 0.1) is 0 Å². The highest BCUT2D eigenvalue weighted by atomic mass is 31.2. The molecule has 0 aliphatic heterocycles. The lowest BCUT2D eigenvalue weighted by Gasteiger charge is -2.20. The number of rotatable bonds is 40. The number of allylic oxidation sites excluding steroid dienone is 11. The van der Waals surface area contributed by atoms with Gasteiger partial charge in [0.1, 0.15) is 12.6 Å². The van der Waals surface area contributed by atoms with E-state index in [9.17, 15) is 34.1 Å². The van der Waals surface area contributed by atoms with Crippen LogP contribution in [0.15, 0.2) is 72.9 Å². The Morgan fingerprint density at radius 3 is 1.58 bits per heavy atom. The molecule has 344 valence electrons. The van der Waals surface area contributed by atoms with Crippen molar-refractivity contribution in [2.75, 3.05) is 19.8 Å². The van der Waals surface area contributed by atoms with Crippen molar-refractivity contribution in [1.82, 2.24) is 0 Å². The van der Waals surface area contributed by atoms with Crippen molar-refractivity contribution < 1.29 is 57.7 Å². The SMILES string of the molecule is CCCCC/C=C\C/C=C\C/C=C\CCCCCCC(=O)O[C@H](COC(=O)CCCC(O)C(O)C/C=C\C/C=C\C/C=C\CCCCC)COP(=O)(O)OC[C@H](N)C(=O)O. The van der Waals surface area contributed by atoms with Gasteiger partial charge in [-0.25, -0.2) is 4.57 Å². The first-order chi connectivity index (χ1) is 28.9. The second kappa shape index (κ2) is 39.9. The molecule has 3 unspecified atom stereocenters. The predicted octanol–water partition coefficient (Wildman–Crippen LogP) is 9.67. The zero-order valence-corrected chi connectivity index (χ0v) is 37.4. The molecule has 0 rings (SSSR count). The summed E-state index contributed by atoms with van der Waals surface area (Å²) in [5.41, 5.74) is 5.32. The molecule has 13 nitrogen and oxygen atoms in total. The summed E-state index contributed by atoms with van der Waals surface area (Å²) in [7, 11) is -4.80. The van der Waals surface area contributed by atoms with Gasteiger partial charge in [-0.05, 0) is 89.9 Å². The van der Waals surface area contributed by atoms with Crippen LogP contribution >= 0.6 is 7.82 Å². The number of hydrogen-bond donors (Lipinski definition) is 5. The average Bonchev–Trinajstić information content (AvgIpc) is 3.22. The fraction of sp³-hybridized carbons (Fsp3) is 0.674. The van der Waals surface area contributed by atoms with Crippen LogP contribution in [0.4, 0.5) is 0 Å². The molecule has 0 aromatic carbocycles. The van der Waals surface area contributed by atoms with E-state index in [0.29, 0.717) is 6.42 Å². The number of esters is 2. The summed E-state index contributed by atoms with van der Waals surface area (Å²) < 4.78 is 32.5. The molecular weight excluding hydrogens is 789 g/mol. The minimum absolute atomic E-state index is 0.0713. The third kappa shape index (κ3) is 37.8. The molecule has 0 aromatic heterocycles. The minimum Gasteiger partial charge on any atom is -0.480 e. The van der Waals surface area contributed by atoms with Gasteiger partial charge in [0.2, 0.25) is 0 Å². The van der Waals surface area contributed by atoms with E-state index in [-0.39, 0.29) is 32.1 Å². The molecule has 6 N–H and O–H groups in total. The van der Waals surface area contributed by atoms with Crippen LogP contribution in [0.2, 0.25) is 0 Å². The van der Waals surface area contributed by atoms with E-state index >= 15 is 0 Å². The maximum absolute atomic E-state index is 12.6. The molecule has 0 amide bonds. The predicted molar refractivity (Wildman–Crippen MR) is 238 cm³/mol. The zero-order valence-electron chi connectivity index (χ0n) is 36.5. The lowest BCUT2D eigenvalue weighted by atomic mass is 10.0. The number of aliphatic hydroxyl groups is 2. The van der Waals surface area contributed by atoms with Crippen LogP contribution in [0.5, 0.6) is 0 Å². The second-order valence-corrected chi connectivity index (χ2v) is 16.2. The Labute approximate surface area is 360 Å². The van der Waals surface area contributed by atoms with Gasteiger partial charge in [-0.1, -0.05) is 125 Å². The fourth-order valence-corrected chi connectivity index (χ4v) is 6.25. The maximum Gasteiger partial charge on any atom is 0.472 e. The van der Waals surface area contributed by atoms with Crippen molar-refractivity contribution in [1.29, 1.82) is 0 Å². The summed E-state index contributed by atoms with van der Waals surface area (Å²) >= 11 is 0. The van der Waals surface area contributed by atoms with E-state index < -0.39 is 69.9 Å². The topological polar surface area (TPSA) is 212 Å². The number of aliphatic hydroxyl groups excluding tert-OH is 2. The number of hydrogen-bond acceptors (Lipinski definition) is 11. The van der Waals surface area contributed by atoms with Crippen LogP contribution in [-0.4, -0.2) is 82.3 Å². The first-order valence-electron chi connectivity index (χ1n) is 22.1. The standard InChI is InChI=1S/C46H78NO12P/c1-3-5-7-9-11-13-15-17-18-19-20-21-23-25-27-29-31-35-45(51)59-40(38-57-60(54,55)58-39-41(47)46(52)53)37-56-44(50)36-32-34-43(49)42(48)33-30-28-26-24-22-16-14-12-10-8-6-4-2/h11-14,17-18,20-22,24,28,30,40-43,48-49H,3-10,15-16,19,23,25-27,29,31-39,47H2,1-2H3,(H,52,53)(H,54,55)/b13-11-,14-12-,18-17-,21-20-,24-22-,30-28-/t40-,41+,42?,43?/m1/s1. The summed E-state index contributed by atoms with van der Waals surface area (Å²) in [6.45, 7) is 2.41. The van der Waals surface area contributed by atoms with Crippen molar-refractivity contribution in [2.24, 2.45) is 5.73 Å². The van der Waals surface area contributed by atoms with Crippen molar-refractivity contribution in [3.8, 4) is 0 Å². The Morgan fingerprint density at radius 1 is 0.583 bits per heavy atom. The van der Waals surface area contributed by atoms with Crippen molar-refractivity contribution >= 4 is 25.7 Å². The highest BCUT2D eigenvalue weighted by Crippen LogP contribution is 2.43. The molecule has 0 radical (unpaired) electrons. The average molecular weight is 868 g/mol. The van der Waals surface area contributed by atoms with Gasteiger partial charge in [-0.15, -0.1) is 0 Å². The van der Waals surface area contributed by atoms with Gasteiger partial charge in [-0.2, -0.15) is 0 Å². The Kier molecular flexibility index (Phi) is 37.8. The number of nitrogens with two attached hydrogens (primary N) is 1. The summed E-state index contributed by atoms with van der Waals surface area (Å²) in [6, 6.07) is -1.57. The highest BCUT2D eigenvalue weighted by Gasteiger charge is 2.28. The third-order valence-corrected chi connectivity index (χ3v) is 10.1. The summed E-state index contributed by atoms with van der Waals surface area (Å²) in [5.74, 6) is -2.73. The molecule has 0 bridgehead atoms. The number of phosphoric ester groups is 1. The number of carboxylic acid groups (broad SMARTS) is 1. The molecule has 0 fully saturated rings. The van der Waals surface area contributed by atoms with Gasteiger partial charge < -0.3 is 35.4 Å². The maximum atomic E-state index is 12.6. The van der Waals surface area contributed by atoms with Crippen molar-refractivity contribution in [2.45, 2.75) is 179 Å². The number of carboxylic acids is 1. The van der Waals surface area contributed by atoms with Gasteiger partial charge in [0, 0.05) is 12.8 Å². The van der Waals surface area contributed by atoms with E-state index in [1.807, 2.05) is 18.2 Å². The van der Waals surface area contributed by atoms with Crippen LogP contribution in [0.25, 0.3) is 0 Å². The van der Waals surface area contributed by atoms with Gasteiger partial charge in [0.05, 0.1) is 25.4 Å². The normalized spacial score (nSPS) is 15.4. The molecule has 14 heteroatoms. The second-order valence-electron chi connectivity index (χ2n) is 14.8. The number of carbonyl (C=O) groups is 3. The van der Waals surface area contributed by atoms with E-state index in [4.69, 9.17) is 24.8 Å². The quantitative estimate of drug-likeness (QED) is 0.0168. The fourth-order valence-electron chi connectivity index (χ4n) is 5.47. The van der Waals surface area contributed by atoms with Gasteiger partial charge in [0.15, 0.2) is 6.10 Å². The molecule has 60 heavy (non-hydrogen) atoms. The molecule has 0 spiro atoms. The Morgan fingerprint density at radius 2 is 1.05 bits per heavy atom. The molecule has 5 atom stereocenters.